The van der Waals surface area contributed by atoms with Gasteiger partial charge < -0.3 is 0 Å². The van der Waals surface area contributed by atoms with Crippen molar-refractivity contribution in [3.05, 3.63) is 23.3 Å². The molecule has 0 bridgehead atoms. The van der Waals surface area contributed by atoms with Crippen LogP contribution in [0.5, 0.6) is 0 Å². The number of hydrogen-bond acceptors (Lipinski definition) is 2. The highest BCUT2D eigenvalue weighted by Gasteiger charge is 2.38. The van der Waals surface area contributed by atoms with E-state index in [1.165, 1.54) is 0 Å². The fourth-order valence-corrected chi connectivity index (χ4v) is 2.36. The lowest BCUT2D eigenvalue weighted by molar-refractivity contribution is -0.114. The zero-order chi connectivity index (χ0) is 15.1. The van der Waals surface area contributed by atoms with Crippen LogP contribution in [0, 0.1) is 27.6 Å². The average molecular weight is 259 g/mol. The lowest BCUT2D eigenvalue weighted by Gasteiger charge is -2.36. The second-order valence-electron chi connectivity index (χ2n) is 7.79. The minimum Gasteiger partial charge on any atom is -0.289 e. The molecule has 1 rings (SSSR count). The summed E-state index contributed by atoms with van der Waals surface area (Å²) >= 11 is 0. The van der Waals surface area contributed by atoms with Gasteiger partial charge in [-0.1, -0.05) is 60.6 Å². The molecule has 0 spiro atoms. The van der Waals surface area contributed by atoms with Crippen LogP contribution in [0.2, 0.25) is 0 Å². The van der Waals surface area contributed by atoms with Gasteiger partial charge in [0.05, 0.1) is 6.07 Å². The normalized spacial score (nSPS) is 19.6. The fraction of sp³-hybridized carbons (Fsp3) is 0.647. The third-order valence-corrected chi connectivity index (χ3v) is 3.51. The molecule has 0 aliphatic heterocycles. The number of carbonyl (C=O) groups is 1. The number of rotatable bonds is 1. The number of nitrogens with zero attached hydrogens (tertiary/aromatic N) is 1. The molecule has 0 unspecified atom stereocenters. The summed E-state index contributed by atoms with van der Waals surface area (Å²) in [5.74, 6) is 0.135. The van der Waals surface area contributed by atoms with Crippen LogP contribution in [0.15, 0.2) is 23.3 Å². The number of hydrogen-bond donors (Lipinski definition) is 0. The maximum atomic E-state index is 12.7. The van der Waals surface area contributed by atoms with Gasteiger partial charge in [-0.25, -0.2) is 0 Å². The molecular formula is C17H25NO. The standard InChI is InChI=1S/C17H25NO/c1-15(2,3)12-10-17(7,8-9-18)11-13(14(12)19)16(4,5)6/h10-11H,8H2,1-7H3. The molecule has 0 aromatic rings. The van der Waals surface area contributed by atoms with E-state index in [1.54, 1.807) is 0 Å². The van der Waals surface area contributed by atoms with Gasteiger partial charge in [-0.05, 0) is 10.8 Å². The van der Waals surface area contributed by atoms with Crippen molar-refractivity contribution in [1.29, 1.82) is 5.26 Å². The zero-order valence-electron chi connectivity index (χ0n) is 13.2. The van der Waals surface area contributed by atoms with E-state index in [-0.39, 0.29) is 22.0 Å². The molecule has 0 saturated heterocycles. The molecule has 0 N–H and O–H groups in total. The number of carbonyl (C=O) groups excluding carboxylic acids is 1. The van der Waals surface area contributed by atoms with Crippen molar-refractivity contribution in [2.75, 3.05) is 0 Å². The number of Topliss-reactive ketones (excluding diaryl/α,β-unsaturated/α-hetero) is 1. The number of allylic oxidation sites excluding steroid dienone is 4. The van der Waals surface area contributed by atoms with Crippen LogP contribution in [0.1, 0.15) is 54.9 Å². The summed E-state index contributed by atoms with van der Waals surface area (Å²) in [4.78, 5) is 12.7. The number of ketones is 1. The van der Waals surface area contributed by atoms with Gasteiger partial charge in [0.25, 0.3) is 0 Å². The third-order valence-electron chi connectivity index (χ3n) is 3.51. The summed E-state index contributed by atoms with van der Waals surface area (Å²) in [5.41, 5.74) is 0.931. The number of nitriles is 1. The molecule has 0 aromatic carbocycles. The van der Waals surface area contributed by atoms with Crippen LogP contribution < -0.4 is 0 Å². The molecule has 0 saturated carbocycles. The first kappa shape index (κ1) is 15.7. The van der Waals surface area contributed by atoms with E-state index in [9.17, 15) is 4.79 Å². The Balaban J connectivity index is 3.44. The Morgan fingerprint density at radius 3 is 1.68 bits per heavy atom. The smallest absolute Gasteiger partial charge is 0.185 e. The molecule has 2 nitrogen and oxygen atoms in total. The Morgan fingerprint density at radius 1 is 1.05 bits per heavy atom. The molecular weight excluding hydrogens is 234 g/mol. The first-order valence-electron chi connectivity index (χ1n) is 6.79. The SMILES string of the molecule is CC1(CC#N)C=C(C(C)(C)C)C(=O)C(C(C)(C)C)=C1. The van der Waals surface area contributed by atoms with Crippen LogP contribution in [-0.2, 0) is 4.79 Å². The molecule has 1 aliphatic carbocycles. The van der Waals surface area contributed by atoms with Gasteiger partial charge in [-0.15, -0.1) is 0 Å². The van der Waals surface area contributed by atoms with Crippen molar-refractivity contribution in [2.45, 2.75) is 54.9 Å². The van der Waals surface area contributed by atoms with Crippen molar-refractivity contribution in [2.24, 2.45) is 16.2 Å². The maximum absolute atomic E-state index is 12.7. The second-order valence-corrected chi connectivity index (χ2v) is 7.79. The van der Waals surface area contributed by atoms with E-state index < -0.39 is 0 Å². The van der Waals surface area contributed by atoms with Gasteiger partial charge in [0, 0.05) is 23.0 Å². The first-order valence-corrected chi connectivity index (χ1v) is 6.79. The van der Waals surface area contributed by atoms with E-state index in [4.69, 9.17) is 5.26 Å². The van der Waals surface area contributed by atoms with E-state index in [2.05, 4.69) is 47.6 Å². The molecule has 0 atom stereocenters. The Kier molecular flexibility index (Phi) is 3.83. The molecule has 19 heavy (non-hydrogen) atoms. The summed E-state index contributed by atoms with van der Waals surface area (Å²) in [7, 11) is 0. The topological polar surface area (TPSA) is 40.9 Å². The first-order chi connectivity index (χ1) is 8.41. The molecule has 1 aliphatic rings. The van der Waals surface area contributed by atoms with Crippen LogP contribution in [0.25, 0.3) is 0 Å². The molecule has 0 aromatic heterocycles. The average Bonchev–Trinajstić information content (AvgIpc) is 2.18. The highest BCUT2D eigenvalue weighted by molar-refractivity contribution is 6.10. The predicted octanol–water partition coefficient (Wildman–Crippen LogP) is 4.43. The molecule has 104 valence electrons. The van der Waals surface area contributed by atoms with E-state index in [0.717, 1.165) is 11.1 Å². The van der Waals surface area contributed by atoms with Gasteiger partial charge in [-0.2, -0.15) is 5.26 Å². The van der Waals surface area contributed by atoms with Crippen molar-refractivity contribution in [1.82, 2.24) is 0 Å². The van der Waals surface area contributed by atoms with E-state index in [1.807, 2.05) is 19.1 Å². The summed E-state index contributed by atoms with van der Waals surface area (Å²) in [6.45, 7) is 14.3. The molecule has 0 fully saturated rings. The van der Waals surface area contributed by atoms with Crippen LogP contribution in [0.4, 0.5) is 0 Å². The lowest BCUT2D eigenvalue weighted by atomic mass is 9.66. The van der Waals surface area contributed by atoms with Crippen LogP contribution >= 0.6 is 0 Å². The Hall–Kier alpha value is -1.36. The zero-order valence-corrected chi connectivity index (χ0v) is 13.2. The summed E-state index contributed by atoms with van der Waals surface area (Å²) in [6, 6.07) is 2.24. The summed E-state index contributed by atoms with van der Waals surface area (Å²) in [5, 5.41) is 9.03. The fourth-order valence-electron chi connectivity index (χ4n) is 2.36. The van der Waals surface area contributed by atoms with E-state index >= 15 is 0 Å². The highest BCUT2D eigenvalue weighted by atomic mass is 16.1. The molecule has 0 heterocycles. The lowest BCUT2D eigenvalue weighted by Crippen LogP contribution is -2.32. The Labute approximate surface area is 117 Å². The van der Waals surface area contributed by atoms with Crippen LogP contribution in [-0.4, -0.2) is 5.78 Å². The quantitative estimate of drug-likeness (QED) is 0.698. The summed E-state index contributed by atoms with van der Waals surface area (Å²) in [6.07, 6.45) is 4.39. The highest BCUT2D eigenvalue weighted by Crippen LogP contribution is 2.44. The van der Waals surface area contributed by atoms with Gasteiger partial charge in [0.1, 0.15) is 0 Å². The second kappa shape index (κ2) is 4.63. The summed E-state index contributed by atoms with van der Waals surface area (Å²) < 4.78 is 0. The van der Waals surface area contributed by atoms with Crippen molar-refractivity contribution in [3.8, 4) is 6.07 Å². The van der Waals surface area contributed by atoms with Gasteiger partial charge >= 0.3 is 0 Å². The molecule has 0 amide bonds. The third kappa shape index (κ3) is 3.35. The predicted molar refractivity (Wildman–Crippen MR) is 78.4 cm³/mol. The molecule has 0 radical (unpaired) electrons. The minimum atomic E-state index is -0.339. The Morgan fingerprint density at radius 2 is 1.42 bits per heavy atom. The van der Waals surface area contributed by atoms with Gasteiger partial charge in [0.15, 0.2) is 5.78 Å². The van der Waals surface area contributed by atoms with Gasteiger partial charge in [-0.3, -0.25) is 4.79 Å². The van der Waals surface area contributed by atoms with Gasteiger partial charge in [0.2, 0.25) is 0 Å². The minimum absolute atomic E-state index is 0.135. The van der Waals surface area contributed by atoms with Crippen molar-refractivity contribution in [3.63, 3.8) is 0 Å². The van der Waals surface area contributed by atoms with Crippen molar-refractivity contribution >= 4 is 5.78 Å². The largest absolute Gasteiger partial charge is 0.289 e. The van der Waals surface area contributed by atoms with E-state index in [0.29, 0.717) is 6.42 Å². The van der Waals surface area contributed by atoms with Crippen LogP contribution in [0.3, 0.4) is 0 Å². The maximum Gasteiger partial charge on any atom is 0.185 e. The molecule has 2 heteroatoms. The van der Waals surface area contributed by atoms with Crippen molar-refractivity contribution < 1.29 is 4.79 Å². The monoisotopic (exact) mass is 259 g/mol. The Bertz CT molecular complexity index is 453.